The Hall–Kier alpha value is -2.38. The zero-order chi connectivity index (χ0) is 76.5. The van der Waals surface area contributed by atoms with Gasteiger partial charge in [0.25, 0.3) is 18.6 Å². The zero-order valence-corrected chi connectivity index (χ0v) is 66.7. The smallest absolute Gasteiger partial charge is 0.387 e. The summed E-state index contributed by atoms with van der Waals surface area (Å²) in [5.41, 5.74) is -3.73. The maximum atomic E-state index is 12.4. The molecule has 592 valence electrons. The number of rotatable bonds is 50. The van der Waals surface area contributed by atoms with Crippen molar-refractivity contribution in [2.45, 2.75) is 286 Å². The number of aromatic amines is 2. The zero-order valence-electron chi connectivity index (χ0n) is 63.1. The van der Waals surface area contributed by atoms with Crippen LogP contribution in [0.5, 0.6) is 0 Å². The molecule has 0 saturated carbocycles. The Morgan fingerprint density at radius 3 is 0.822 bits per heavy atom. The second-order valence-electron chi connectivity index (χ2n) is 25.5. The number of hydrogen-bond donors (Lipinski definition) is 9. The highest BCUT2D eigenvalue weighted by molar-refractivity contribution is 7.87. The van der Waals surface area contributed by atoms with Crippen molar-refractivity contribution in [3.8, 4) is 0 Å². The van der Waals surface area contributed by atoms with Gasteiger partial charge in [0.15, 0.2) is 12.5 Å². The van der Waals surface area contributed by atoms with E-state index < -0.39 is 116 Å². The first-order valence-electron chi connectivity index (χ1n) is 37.2. The Morgan fingerprint density at radius 1 is 0.386 bits per heavy atom. The van der Waals surface area contributed by atoms with Gasteiger partial charge in [0, 0.05) is 24.5 Å². The highest BCUT2D eigenvalue weighted by atomic mass is 31.3. The van der Waals surface area contributed by atoms with Crippen molar-refractivity contribution in [3.63, 3.8) is 0 Å². The molecular weight excluding hydrogens is 1390 g/mol. The minimum atomic E-state index is -6.12. The SMILES string of the molecule is CCCCN(CCCC)CCCC.CCCCN(CCCC)CCCC.CCCCN(CCCC)CCCC.CCCCN(CCCC)CCCC.[B]P(=O)(OP(=O)(O)OC[C@H]1O[C@@H](n2ccc(=O)[nH]c2=O)[C@H](O)[C@@H]1O)OP(=O)(O)OP(=O)(O)OC[C@H]1O[C@@H](n2ccc(=O)[nH]c2=O)[C@H](O)[C@@H]1O. The van der Waals surface area contributed by atoms with E-state index in [9.17, 15) is 72.5 Å². The van der Waals surface area contributed by atoms with E-state index in [1.54, 1.807) is 0 Å². The predicted molar refractivity (Wildman–Crippen MR) is 397 cm³/mol. The third kappa shape index (κ3) is 44.5. The van der Waals surface area contributed by atoms with Crippen LogP contribution in [-0.2, 0) is 49.7 Å². The van der Waals surface area contributed by atoms with E-state index in [2.05, 4.69) is 125 Å². The van der Waals surface area contributed by atoms with E-state index in [1.807, 2.05) is 9.97 Å². The van der Waals surface area contributed by atoms with Gasteiger partial charge in [0.1, 0.15) is 36.6 Å². The van der Waals surface area contributed by atoms with Crippen LogP contribution in [-0.4, -0.2) is 210 Å². The molecule has 101 heavy (non-hydrogen) atoms. The predicted octanol–water partition coefficient (Wildman–Crippen LogP) is 10.7. The van der Waals surface area contributed by atoms with Crippen molar-refractivity contribution in [2.24, 2.45) is 0 Å². The topological polar surface area (TPSA) is 397 Å². The number of phosphoric acid groups is 3. The van der Waals surface area contributed by atoms with Crippen LogP contribution in [0.2, 0.25) is 0 Å². The molecule has 4 rings (SSSR count). The third-order valence-corrected chi connectivity index (χ3v) is 22.4. The number of hydrogen-bond acceptors (Lipinski definition) is 23. The summed E-state index contributed by atoms with van der Waals surface area (Å²) in [6, 6.07) is 1.76. The lowest BCUT2D eigenvalue weighted by Gasteiger charge is -2.23. The number of unbranched alkanes of at least 4 members (excludes halogenated alkanes) is 12. The van der Waals surface area contributed by atoms with Gasteiger partial charge in [-0.1, -0.05) is 160 Å². The number of H-pyrrole nitrogens is 2. The summed E-state index contributed by atoms with van der Waals surface area (Å²) in [6.07, 6.45) is 20.0. The van der Waals surface area contributed by atoms with Crippen LogP contribution in [0.3, 0.4) is 0 Å². The van der Waals surface area contributed by atoms with Gasteiger partial charge in [-0.2, -0.15) is 4.31 Å². The summed E-state index contributed by atoms with van der Waals surface area (Å²) in [7, 11) is -18.3. The fraction of sp³-hybridized carbons (Fsp3) is 0.879. The number of nitrogens with zero attached hydrogens (tertiary/aromatic N) is 6. The molecule has 0 bridgehead atoms. The number of aromatic nitrogens is 4. The van der Waals surface area contributed by atoms with Gasteiger partial charge < -0.3 is 64.2 Å². The van der Waals surface area contributed by atoms with Crippen molar-refractivity contribution in [1.82, 2.24) is 38.7 Å². The molecule has 9 N–H and O–H groups in total. The number of ether oxygens (including phenoxy) is 2. The summed E-state index contributed by atoms with van der Waals surface area (Å²) in [5.74, 6) is 0. The molecule has 4 heterocycles. The quantitative estimate of drug-likeness (QED) is 0.0219. The Bertz CT molecular complexity index is 2560. The van der Waals surface area contributed by atoms with Crippen LogP contribution in [0.15, 0.2) is 43.7 Å². The van der Waals surface area contributed by atoms with Crippen molar-refractivity contribution in [3.05, 3.63) is 66.2 Å². The molecule has 0 aromatic carbocycles. The summed E-state index contributed by atoms with van der Waals surface area (Å²) < 4.78 is 81.7. The molecule has 2 aromatic heterocycles. The lowest BCUT2D eigenvalue weighted by atomic mass is 10.1. The van der Waals surface area contributed by atoms with Crippen molar-refractivity contribution < 1.29 is 84.8 Å². The minimum Gasteiger partial charge on any atom is -0.387 e. The monoisotopic (exact) mass is 1520 g/mol. The summed E-state index contributed by atoms with van der Waals surface area (Å²) in [5, 5.41) is 40.8. The van der Waals surface area contributed by atoms with Crippen LogP contribution in [0, 0.1) is 0 Å². The highest BCUT2D eigenvalue weighted by Crippen LogP contribution is 2.71. The molecule has 2 fully saturated rings. The summed E-state index contributed by atoms with van der Waals surface area (Å²) >= 11 is 0. The molecule has 2 aliphatic heterocycles. The van der Waals surface area contributed by atoms with E-state index in [-0.39, 0.29) is 0 Å². The van der Waals surface area contributed by atoms with Crippen molar-refractivity contribution in [2.75, 3.05) is 91.8 Å². The Balaban J connectivity index is 0.00000155. The molecule has 0 aliphatic carbocycles. The highest BCUT2D eigenvalue weighted by Gasteiger charge is 2.49. The summed E-state index contributed by atoms with van der Waals surface area (Å²) in [6.45, 7) is 40.8. The van der Waals surface area contributed by atoms with Gasteiger partial charge in [-0.3, -0.25) is 42.3 Å². The van der Waals surface area contributed by atoms with Crippen LogP contribution in [0.1, 0.15) is 250 Å². The fourth-order valence-corrected chi connectivity index (χ4v) is 15.4. The van der Waals surface area contributed by atoms with Crippen molar-refractivity contribution in [1.29, 1.82) is 0 Å². The van der Waals surface area contributed by atoms with Gasteiger partial charge in [-0.05, 0) is 156 Å². The van der Waals surface area contributed by atoms with Crippen LogP contribution in [0.4, 0.5) is 0 Å². The molecular formula is C66H133BN8O22P4. The van der Waals surface area contributed by atoms with Crippen molar-refractivity contribution >= 4 is 38.5 Å². The normalized spacial score (nSPS) is 21.3. The number of aliphatic hydroxyl groups excluding tert-OH is 4. The van der Waals surface area contributed by atoms with E-state index >= 15 is 0 Å². The average Bonchev–Trinajstić information content (AvgIpc) is 1.71. The molecule has 2 radical (unpaired) electrons. The molecule has 12 atom stereocenters. The molecule has 30 nitrogen and oxygen atoms in total. The standard InChI is InChI=1S/C18H25BN4O22P4.4C12H27N/c19-46(32,43-47(33,34)39-5-7-11(26)13(28)15(41-7)22-3-1-9(24)20-17(22)30)44-49(37,38)45-48(35,36)40-6-8-12(27)14(29)16(42-8)23-4-2-10(25)21-18(23)31;4*1-4-7-10-13(11-8-5-2)12-9-6-3/h1-4,7-8,11-16,26-29H,5-6H2,(H,33,34)(H,35,36)(H,37,38)(H,20,24,30)(H,21,25,31);4*4-12H2,1-3H3/t7-,8-,11-,12-,13-,14-,15-,16-,46?;;;;/m1..../s1. The Labute approximate surface area is 603 Å². The van der Waals surface area contributed by atoms with E-state index in [0.717, 1.165) is 24.5 Å². The number of nitrogens with one attached hydrogen (secondary N) is 2. The largest absolute Gasteiger partial charge is 0.487 e. The van der Waals surface area contributed by atoms with Gasteiger partial charge in [0.05, 0.1) is 13.2 Å². The fourth-order valence-electron chi connectivity index (χ4n) is 10.2. The average molecular weight is 1530 g/mol. The molecule has 0 spiro atoms. The van der Waals surface area contributed by atoms with Gasteiger partial charge in [-0.25, -0.2) is 31.9 Å². The molecule has 4 unspecified atom stereocenters. The van der Waals surface area contributed by atoms with E-state index in [0.29, 0.717) is 9.13 Å². The van der Waals surface area contributed by atoms with E-state index in [1.165, 1.54) is 233 Å². The third-order valence-electron chi connectivity index (χ3n) is 16.3. The summed E-state index contributed by atoms with van der Waals surface area (Å²) in [4.78, 5) is 90.2. The number of phosphoric ester groups is 2. The van der Waals surface area contributed by atoms with Crippen LogP contribution < -0.4 is 22.5 Å². The van der Waals surface area contributed by atoms with E-state index in [4.69, 9.17) is 17.0 Å². The first-order valence-corrected chi connectivity index (χ1v) is 43.3. The lowest BCUT2D eigenvalue weighted by molar-refractivity contribution is -0.0543. The maximum absolute atomic E-state index is 12.4. The first-order chi connectivity index (χ1) is 47.9. The first kappa shape index (κ1) is 98.6. The molecule has 35 heteroatoms. The van der Waals surface area contributed by atoms with Gasteiger partial charge in [-0.15, -0.1) is 0 Å². The van der Waals surface area contributed by atoms with Gasteiger partial charge >= 0.3 is 34.8 Å². The Kier molecular flexibility index (Phi) is 55.5. The second kappa shape index (κ2) is 56.8. The molecule has 2 aromatic rings. The van der Waals surface area contributed by atoms with Crippen LogP contribution >= 0.6 is 30.9 Å². The van der Waals surface area contributed by atoms with Gasteiger partial charge in [0.2, 0.25) is 7.57 Å². The Morgan fingerprint density at radius 2 is 0.604 bits per heavy atom. The number of aliphatic hydroxyl groups is 4. The maximum Gasteiger partial charge on any atom is 0.487 e. The molecule has 2 aliphatic rings. The molecule has 2 saturated heterocycles. The lowest BCUT2D eigenvalue weighted by Crippen LogP contribution is -2.37. The van der Waals surface area contributed by atoms with Crippen LogP contribution in [0.25, 0.3) is 0 Å². The molecule has 0 amide bonds. The second-order valence-corrected chi connectivity index (χ2v) is 31.9. The minimum absolute atomic E-state index is 0.655.